The lowest BCUT2D eigenvalue weighted by atomic mass is 9.98. The summed E-state index contributed by atoms with van der Waals surface area (Å²) in [6.07, 6.45) is 2.91. The molecule has 1 aliphatic rings. The third-order valence-electron chi connectivity index (χ3n) is 4.25. The van der Waals surface area contributed by atoms with Gasteiger partial charge in [0.2, 0.25) is 5.01 Å². The first-order valence-corrected chi connectivity index (χ1v) is 9.06. The van der Waals surface area contributed by atoms with Crippen LogP contribution in [0.25, 0.3) is 0 Å². The third kappa shape index (κ3) is 4.17. The van der Waals surface area contributed by atoms with Crippen molar-refractivity contribution in [3.8, 4) is 0 Å². The standard InChI is InChI=1S/C17H22N4O2S/c1-12(22)14-9-5-6-10-21(14)11-15-19-20-17(24-15)16(23)18-13-7-3-2-4-8-13/h2-4,7-8,12,14,22H,5-6,9-11H2,1H3,(H,18,23). The van der Waals surface area contributed by atoms with Gasteiger partial charge in [-0.05, 0) is 38.4 Å². The maximum atomic E-state index is 12.2. The molecule has 2 aromatic rings. The number of likely N-dealkylation sites (tertiary alicyclic amines) is 1. The van der Waals surface area contributed by atoms with Gasteiger partial charge in [0.1, 0.15) is 5.01 Å². The molecule has 7 heteroatoms. The first kappa shape index (κ1) is 17.0. The Morgan fingerprint density at radius 3 is 2.92 bits per heavy atom. The van der Waals surface area contributed by atoms with Crippen molar-refractivity contribution in [3.05, 3.63) is 40.3 Å². The molecular weight excluding hydrogens is 324 g/mol. The zero-order chi connectivity index (χ0) is 16.9. The van der Waals surface area contributed by atoms with E-state index in [1.807, 2.05) is 37.3 Å². The molecule has 24 heavy (non-hydrogen) atoms. The molecule has 2 heterocycles. The molecule has 1 aromatic carbocycles. The van der Waals surface area contributed by atoms with Crippen molar-refractivity contribution >= 4 is 22.9 Å². The first-order chi connectivity index (χ1) is 11.6. The van der Waals surface area contributed by atoms with Gasteiger partial charge in [0.25, 0.3) is 5.91 Å². The average Bonchev–Trinajstić information content (AvgIpc) is 3.05. The molecule has 0 aliphatic carbocycles. The Morgan fingerprint density at radius 1 is 1.38 bits per heavy atom. The summed E-state index contributed by atoms with van der Waals surface area (Å²) >= 11 is 1.31. The summed E-state index contributed by atoms with van der Waals surface area (Å²) < 4.78 is 0. The zero-order valence-corrected chi connectivity index (χ0v) is 14.5. The van der Waals surface area contributed by atoms with Gasteiger partial charge in [-0.2, -0.15) is 0 Å². The SMILES string of the molecule is CC(O)C1CCCCN1Cc1nnc(C(=O)Nc2ccccc2)s1. The largest absolute Gasteiger partial charge is 0.392 e. The summed E-state index contributed by atoms with van der Waals surface area (Å²) in [5, 5.41) is 22.1. The Bertz CT molecular complexity index is 674. The van der Waals surface area contributed by atoms with Crippen molar-refractivity contribution in [1.29, 1.82) is 0 Å². The van der Waals surface area contributed by atoms with E-state index in [-0.39, 0.29) is 18.1 Å². The Morgan fingerprint density at radius 2 is 2.17 bits per heavy atom. The number of aliphatic hydroxyl groups excluding tert-OH is 1. The summed E-state index contributed by atoms with van der Waals surface area (Å²) in [6, 6.07) is 9.46. The van der Waals surface area contributed by atoms with Gasteiger partial charge >= 0.3 is 0 Å². The van der Waals surface area contributed by atoms with Crippen LogP contribution in [0.2, 0.25) is 0 Å². The number of anilines is 1. The molecule has 2 unspecified atom stereocenters. The first-order valence-electron chi connectivity index (χ1n) is 8.24. The molecule has 128 valence electrons. The summed E-state index contributed by atoms with van der Waals surface area (Å²) in [7, 11) is 0. The van der Waals surface area contributed by atoms with Crippen LogP contribution in [0, 0.1) is 0 Å². The summed E-state index contributed by atoms with van der Waals surface area (Å²) in [6.45, 7) is 3.41. The predicted octanol–water partition coefficient (Wildman–Crippen LogP) is 2.53. The molecule has 0 spiro atoms. The van der Waals surface area contributed by atoms with Crippen molar-refractivity contribution in [1.82, 2.24) is 15.1 Å². The Labute approximate surface area is 145 Å². The van der Waals surface area contributed by atoms with Gasteiger partial charge in [0, 0.05) is 11.7 Å². The highest BCUT2D eigenvalue weighted by Gasteiger charge is 2.27. The van der Waals surface area contributed by atoms with Crippen molar-refractivity contribution in [3.63, 3.8) is 0 Å². The minimum atomic E-state index is -0.362. The number of carbonyl (C=O) groups is 1. The van der Waals surface area contributed by atoms with Gasteiger partial charge in [-0.25, -0.2) is 0 Å². The number of piperidine rings is 1. The fourth-order valence-corrected chi connectivity index (χ4v) is 3.81. The number of hydrogen-bond acceptors (Lipinski definition) is 6. The topological polar surface area (TPSA) is 78.3 Å². The second-order valence-corrected chi connectivity index (χ2v) is 7.16. The molecule has 0 saturated carbocycles. The second kappa shape index (κ2) is 7.83. The van der Waals surface area contributed by atoms with Crippen LogP contribution >= 0.6 is 11.3 Å². The lowest BCUT2D eigenvalue weighted by Gasteiger charge is -2.36. The smallest absolute Gasteiger partial charge is 0.286 e. The monoisotopic (exact) mass is 346 g/mol. The van der Waals surface area contributed by atoms with E-state index in [1.54, 1.807) is 0 Å². The molecule has 1 aliphatic heterocycles. The van der Waals surface area contributed by atoms with E-state index in [4.69, 9.17) is 0 Å². The second-order valence-electron chi connectivity index (χ2n) is 6.10. The van der Waals surface area contributed by atoms with E-state index >= 15 is 0 Å². The Hall–Kier alpha value is -1.83. The van der Waals surface area contributed by atoms with Gasteiger partial charge in [-0.1, -0.05) is 36.0 Å². The molecular formula is C17H22N4O2S. The minimum absolute atomic E-state index is 0.157. The number of rotatable bonds is 5. The summed E-state index contributed by atoms with van der Waals surface area (Å²) in [5.41, 5.74) is 0.740. The van der Waals surface area contributed by atoms with Gasteiger partial charge < -0.3 is 10.4 Å². The number of nitrogens with one attached hydrogen (secondary N) is 1. The van der Waals surface area contributed by atoms with Crippen molar-refractivity contribution in [2.75, 3.05) is 11.9 Å². The lowest BCUT2D eigenvalue weighted by molar-refractivity contribution is 0.0315. The van der Waals surface area contributed by atoms with Crippen LogP contribution in [0.1, 0.15) is 41.0 Å². The number of aliphatic hydroxyl groups is 1. The number of para-hydroxylation sites is 1. The summed E-state index contributed by atoms with van der Waals surface area (Å²) in [5.74, 6) is -0.240. The molecule has 3 rings (SSSR count). The zero-order valence-electron chi connectivity index (χ0n) is 13.7. The summed E-state index contributed by atoms with van der Waals surface area (Å²) in [4.78, 5) is 14.5. The van der Waals surface area contributed by atoms with Crippen LogP contribution in [0.5, 0.6) is 0 Å². The molecule has 1 aromatic heterocycles. The number of benzene rings is 1. The van der Waals surface area contributed by atoms with Crippen molar-refractivity contribution < 1.29 is 9.90 Å². The van der Waals surface area contributed by atoms with Crippen molar-refractivity contribution in [2.24, 2.45) is 0 Å². The fraction of sp³-hybridized carbons (Fsp3) is 0.471. The Kier molecular flexibility index (Phi) is 5.55. The van der Waals surface area contributed by atoms with Crippen LogP contribution in [-0.2, 0) is 6.54 Å². The van der Waals surface area contributed by atoms with E-state index in [0.29, 0.717) is 11.6 Å². The molecule has 1 amide bonds. The van der Waals surface area contributed by atoms with Crippen LogP contribution in [0.4, 0.5) is 5.69 Å². The molecule has 1 saturated heterocycles. The molecule has 2 N–H and O–H groups in total. The molecule has 2 atom stereocenters. The number of hydrogen-bond donors (Lipinski definition) is 2. The number of carbonyl (C=O) groups excluding carboxylic acids is 1. The lowest BCUT2D eigenvalue weighted by Crippen LogP contribution is -2.45. The molecule has 0 bridgehead atoms. The van der Waals surface area contributed by atoms with E-state index < -0.39 is 0 Å². The average molecular weight is 346 g/mol. The van der Waals surface area contributed by atoms with Crippen LogP contribution in [0.15, 0.2) is 30.3 Å². The fourth-order valence-electron chi connectivity index (χ4n) is 3.05. The van der Waals surface area contributed by atoms with Crippen molar-refractivity contribution in [2.45, 2.75) is 44.9 Å². The minimum Gasteiger partial charge on any atom is -0.392 e. The quantitative estimate of drug-likeness (QED) is 0.870. The third-order valence-corrected chi connectivity index (χ3v) is 5.16. The van der Waals surface area contributed by atoms with E-state index in [2.05, 4.69) is 20.4 Å². The Balaban J connectivity index is 1.63. The molecule has 0 radical (unpaired) electrons. The van der Waals surface area contributed by atoms with Gasteiger partial charge in [-0.15, -0.1) is 10.2 Å². The maximum absolute atomic E-state index is 12.2. The van der Waals surface area contributed by atoms with E-state index in [1.165, 1.54) is 11.3 Å². The van der Waals surface area contributed by atoms with Gasteiger partial charge in [-0.3, -0.25) is 9.69 Å². The molecule has 6 nitrogen and oxygen atoms in total. The van der Waals surface area contributed by atoms with Gasteiger partial charge in [0.05, 0.1) is 12.6 Å². The van der Waals surface area contributed by atoms with Crippen LogP contribution in [0.3, 0.4) is 0 Å². The molecule has 1 fully saturated rings. The number of amides is 1. The number of aromatic nitrogens is 2. The normalized spacial score (nSPS) is 19.8. The number of nitrogens with zero attached hydrogens (tertiary/aromatic N) is 3. The van der Waals surface area contributed by atoms with Gasteiger partial charge in [0.15, 0.2) is 0 Å². The highest BCUT2D eigenvalue weighted by Crippen LogP contribution is 2.23. The van der Waals surface area contributed by atoms with Crippen LogP contribution < -0.4 is 5.32 Å². The van der Waals surface area contributed by atoms with Crippen LogP contribution in [-0.4, -0.2) is 44.8 Å². The maximum Gasteiger partial charge on any atom is 0.286 e. The highest BCUT2D eigenvalue weighted by atomic mass is 32.1. The predicted molar refractivity (Wildman–Crippen MR) is 94.0 cm³/mol. The van der Waals surface area contributed by atoms with E-state index in [9.17, 15) is 9.90 Å². The highest BCUT2D eigenvalue weighted by molar-refractivity contribution is 7.13. The van der Waals surface area contributed by atoms with E-state index in [0.717, 1.165) is 36.5 Å².